The van der Waals surface area contributed by atoms with Crippen molar-refractivity contribution >= 4 is 40.9 Å². The standard InChI is InChI=1S/C29H28N2O4S/c1-5-20-8-6-7-9-24(20)30-25-26(36-23-16-10-19(4)11-17-23)28(33)31(27(25)32)22-14-12-21(13-15-22)29(34)35-18(2)3/h6-18,30H,5H2,1-4H3. The van der Waals surface area contributed by atoms with Gasteiger partial charge in [0.1, 0.15) is 10.6 Å². The number of benzene rings is 3. The van der Waals surface area contributed by atoms with Gasteiger partial charge in [-0.05, 0) is 75.2 Å². The minimum absolute atomic E-state index is 0.231. The second-order valence-electron chi connectivity index (χ2n) is 8.70. The van der Waals surface area contributed by atoms with E-state index in [1.54, 1.807) is 38.1 Å². The van der Waals surface area contributed by atoms with Crippen LogP contribution in [-0.4, -0.2) is 23.9 Å². The number of amides is 2. The number of hydrogen-bond donors (Lipinski definition) is 1. The molecule has 3 aromatic rings. The lowest BCUT2D eigenvalue weighted by Crippen LogP contribution is -2.32. The van der Waals surface area contributed by atoms with Crippen LogP contribution in [0.5, 0.6) is 0 Å². The molecule has 0 aliphatic carbocycles. The van der Waals surface area contributed by atoms with Crippen molar-refractivity contribution in [2.45, 2.75) is 45.1 Å². The third-order valence-corrected chi connectivity index (χ3v) is 6.73. The molecule has 0 aromatic heterocycles. The molecule has 0 fully saturated rings. The first-order valence-corrected chi connectivity index (χ1v) is 12.6. The van der Waals surface area contributed by atoms with Gasteiger partial charge in [0.2, 0.25) is 0 Å². The van der Waals surface area contributed by atoms with Gasteiger partial charge in [-0.1, -0.05) is 54.6 Å². The number of ether oxygens (including phenoxy) is 1. The number of thioether (sulfide) groups is 1. The van der Waals surface area contributed by atoms with Gasteiger partial charge in [-0.25, -0.2) is 9.69 Å². The molecule has 2 amide bonds. The van der Waals surface area contributed by atoms with E-state index in [1.807, 2.05) is 62.4 Å². The molecular formula is C29H28N2O4S. The monoisotopic (exact) mass is 500 g/mol. The summed E-state index contributed by atoms with van der Waals surface area (Å²) in [5.41, 5.74) is 3.89. The number of esters is 1. The fourth-order valence-corrected chi connectivity index (χ4v) is 4.71. The van der Waals surface area contributed by atoms with Crippen LogP contribution in [0.2, 0.25) is 0 Å². The Bertz CT molecular complexity index is 1330. The van der Waals surface area contributed by atoms with Crippen LogP contribution in [-0.2, 0) is 20.7 Å². The van der Waals surface area contributed by atoms with Crippen molar-refractivity contribution in [3.05, 3.63) is 100 Å². The average Bonchev–Trinajstić information content (AvgIpc) is 3.09. The lowest BCUT2D eigenvalue weighted by atomic mass is 10.1. The van der Waals surface area contributed by atoms with Crippen molar-refractivity contribution < 1.29 is 19.1 Å². The predicted octanol–water partition coefficient (Wildman–Crippen LogP) is 6.11. The Hall–Kier alpha value is -3.84. The second kappa shape index (κ2) is 10.8. The van der Waals surface area contributed by atoms with Gasteiger partial charge in [0.05, 0.1) is 17.4 Å². The molecule has 0 saturated carbocycles. The Morgan fingerprint density at radius 3 is 2.25 bits per heavy atom. The summed E-state index contributed by atoms with van der Waals surface area (Å²) in [4.78, 5) is 41.8. The van der Waals surface area contributed by atoms with Crippen LogP contribution in [0.3, 0.4) is 0 Å². The summed E-state index contributed by atoms with van der Waals surface area (Å²) in [6.45, 7) is 7.58. The Labute approximate surface area is 215 Å². The first kappa shape index (κ1) is 25.3. The third-order valence-electron chi connectivity index (χ3n) is 5.64. The topological polar surface area (TPSA) is 75.7 Å². The number of para-hydroxylation sites is 1. The number of anilines is 2. The second-order valence-corrected chi connectivity index (χ2v) is 9.79. The van der Waals surface area contributed by atoms with E-state index in [-0.39, 0.29) is 11.8 Å². The van der Waals surface area contributed by atoms with Crippen LogP contribution < -0.4 is 10.2 Å². The summed E-state index contributed by atoms with van der Waals surface area (Å²) in [6, 6.07) is 21.8. The molecule has 4 rings (SSSR count). The number of carbonyl (C=O) groups excluding carboxylic acids is 3. The van der Waals surface area contributed by atoms with Crippen LogP contribution in [0.1, 0.15) is 42.3 Å². The van der Waals surface area contributed by atoms with E-state index >= 15 is 0 Å². The highest BCUT2D eigenvalue weighted by molar-refractivity contribution is 8.04. The molecular weight excluding hydrogens is 472 g/mol. The van der Waals surface area contributed by atoms with Crippen molar-refractivity contribution in [2.75, 3.05) is 10.2 Å². The summed E-state index contributed by atoms with van der Waals surface area (Å²) in [5.74, 6) is -1.32. The molecule has 6 nitrogen and oxygen atoms in total. The van der Waals surface area contributed by atoms with Crippen LogP contribution in [0.25, 0.3) is 0 Å². The van der Waals surface area contributed by atoms with Gasteiger partial charge in [0.15, 0.2) is 0 Å². The molecule has 1 aliphatic rings. The zero-order chi connectivity index (χ0) is 25.8. The maximum absolute atomic E-state index is 13.6. The van der Waals surface area contributed by atoms with E-state index in [0.29, 0.717) is 16.2 Å². The SMILES string of the molecule is CCc1ccccc1NC1=C(Sc2ccc(C)cc2)C(=O)N(c2ccc(C(=O)OC(C)C)cc2)C1=O. The molecule has 36 heavy (non-hydrogen) atoms. The highest BCUT2D eigenvalue weighted by Gasteiger charge is 2.40. The van der Waals surface area contributed by atoms with E-state index in [0.717, 1.165) is 33.0 Å². The van der Waals surface area contributed by atoms with Crippen LogP contribution >= 0.6 is 11.8 Å². The molecule has 0 radical (unpaired) electrons. The summed E-state index contributed by atoms with van der Waals surface area (Å²) < 4.78 is 5.23. The van der Waals surface area contributed by atoms with Gasteiger partial charge in [-0.3, -0.25) is 9.59 Å². The number of aryl methyl sites for hydroxylation is 2. The van der Waals surface area contributed by atoms with Crippen molar-refractivity contribution in [1.82, 2.24) is 0 Å². The van der Waals surface area contributed by atoms with Gasteiger partial charge in [-0.2, -0.15) is 0 Å². The Balaban J connectivity index is 1.69. The van der Waals surface area contributed by atoms with E-state index in [2.05, 4.69) is 5.32 Å². The van der Waals surface area contributed by atoms with E-state index in [4.69, 9.17) is 4.74 Å². The van der Waals surface area contributed by atoms with E-state index in [9.17, 15) is 14.4 Å². The molecule has 0 saturated heterocycles. The molecule has 1 heterocycles. The fraction of sp³-hybridized carbons (Fsp3) is 0.207. The van der Waals surface area contributed by atoms with Gasteiger partial charge >= 0.3 is 5.97 Å². The van der Waals surface area contributed by atoms with Gasteiger partial charge in [0.25, 0.3) is 11.8 Å². The van der Waals surface area contributed by atoms with Gasteiger partial charge < -0.3 is 10.1 Å². The molecule has 3 aromatic carbocycles. The number of nitrogens with zero attached hydrogens (tertiary/aromatic N) is 1. The van der Waals surface area contributed by atoms with Crippen LogP contribution in [0.4, 0.5) is 11.4 Å². The summed E-state index contributed by atoms with van der Waals surface area (Å²) in [5, 5.41) is 3.25. The Kier molecular flexibility index (Phi) is 7.60. The first-order valence-electron chi connectivity index (χ1n) is 11.8. The summed E-state index contributed by atoms with van der Waals surface area (Å²) in [6.07, 6.45) is 0.528. The molecule has 0 bridgehead atoms. The smallest absolute Gasteiger partial charge is 0.338 e. The predicted molar refractivity (Wildman–Crippen MR) is 143 cm³/mol. The molecule has 0 spiro atoms. The van der Waals surface area contributed by atoms with Crippen molar-refractivity contribution in [1.29, 1.82) is 0 Å². The van der Waals surface area contributed by atoms with Crippen molar-refractivity contribution in [3.63, 3.8) is 0 Å². The fourth-order valence-electron chi connectivity index (χ4n) is 3.79. The van der Waals surface area contributed by atoms with Crippen LogP contribution in [0, 0.1) is 6.92 Å². The number of imide groups is 1. The number of carbonyl (C=O) groups is 3. The minimum Gasteiger partial charge on any atom is -0.459 e. The Morgan fingerprint density at radius 1 is 0.944 bits per heavy atom. The number of hydrogen-bond acceptors (Lipinski definition) is 6. The summed E-state index contributed by atoms with van der Waals surface area (Å²) in [7, 11) is 0. The van der Waals surface area contributed by atoms with Gasteiger partial charge in [-0.15, -0.1) is 0 Å². The molecule has 0 unspecified atom stereocenters. The maximum atomic E-state index is 13.6. The average molecular weight is 501 g/mol. The third kappa shape index (κ3) is 5.36. The molecule has 184 valence electrons. The van der Waals surface area contributed by atoms with E-state index < -0.39 is 17.8 Å². The molecule has 7 heteroatoms. The van der Waals surface area contributed by atoms with E-state index in [1.165, 1.54) is 11.8 Å². The molecule has 1 aliphatic heterocycles. The normalized spacial score (nSPS) is 13.5. The lowest BCUT2D eigenvalue weighted by Gasteiger charge is -2.16. The first-order chi connectivity index (χ1) is 17.3. The number of rotatable bonds is 8. The lowest BCUT2D eigenvalue weighted by molar-refractivity contribution is -0.120. The minimum atomic E-state index is -0.456. The zero-order valence-electron chi connectivity index (χ0n) is 20.7. The van der Waals surface area contributed by atoms with Crippen LogP contribution in [0.15, 0.2) is 88.3 Å². The maximum Gasteiger partial charge on any atom is 0.338 e. The zero-order valence-corrected chi connectivity index (χ0v) is 21.5. The van der Waals surface area contributed by atoms with Crippen molar-refractivity contribution in [2.24, 2.45) is 0 Å². The largest absolute Gasteiger partial charge is 0.459 e. The molecule has 0 atom stereocenters. The molecule has 1 N–H and O–H groups in total. The number of nitrogens with one attached hydrogen (secondary N) is 1. The van der Waals surface area contributed by atoms with Crippen molar-refractivity contribution in [3.8, 4) is 0 Å². The quantitative estimate of drug-likeness (QED) is 0.297. The Morgan fingerprint density at radius 2 is 1.61 bits per heavy atom. The van der Waals surface area contributed by atoms with Gasteiger partial charge in [0, 0.05) is 10.6 Å². The highest BCUT2D eigenvalue weighted by Crippen LogP contribution is 2.38. The summed E-state index contributed by atoms with van der Waals surface area (Å²) >= 11 is 1.26. The highest BCUT2D eigenvalue weighted by atomic mass is 32.2.